The van der Waals surface area contributed by atoms with Gasteiger partial charge in [0.1, 0.15) is 0 Å². The van der Waals surface area contributed by atoms with Gasteiger partial charge >= 0.3 is 0 Å². The van der Waals surface area contributed by atoms with Gasteiger partial charge in [-0.3, -0.25) is 0 Å². The van der Waals surface area contributed by atoms with Crippen molar-refractivity contribution in [3.63, 3.8) is 0 Å². The molecule has 0 spiro atoms. The van der Waals surface area contributed by atoms with Crippen LogP contribution >= 0.6 is 11.3 Å². The van der Waals surface area contributed by atoms with Crippen LogP contribution in [-0.2, 0) is 0 Å². The van der Waals surface area contributed by atoms with Crippen LogP contribution in [0.15, 0.2) is 18.2 Å². The topological polar surface area (TPSA) is 24.9 Å². The highest BCUT2D eigenvalue weighted by atomic mass is 32.1. The summed E-state index contributed by atoms with van der Waals surface area (Å²) >= 11 is 1.75. The molecular formula is C16H24N2S. The molecule has 1 heterocycles. The smallest absolute Gasteiger partial charge is 0.183 e. The lowest BCUT2D eigenvalue weighted by atomic mass is 10.0. The van der Waals surface area contributed by atoms with E-state index in [0.29, 0.717) is 6.04 Å². The third-order valence-electron chi connectivity index (χ3n) is 3.33. The first-order chi connectivity index (χ1) is 9.04. The molecule has 0 bridgehead atoms. The Kier molecular flexibility index (Phi) is 4.81. The van der Waals surface area contributed by atoms with E-state index in [1.165, 1.54) is 29.5 Å². The Morgan fingerprint density at radius 3 is 2.74 bits per heavy atom. The number of anilines is 1. The number of nitrogens with zero attached hydrogens (tertiary/aromatic N) is 1. The predicted molar refractivity (Wildman–Crippen MR) is 86.1 cm³/mol. The van der Waals surface area contributed by atoms with Crippen molar-refractivity contribution in [1.29, 1.82) is 0 Å². The van der Waals surface area contributed by atoms with Crippen molar-refractivity contribution in [2.75, 3.05) is 5.32 Å². The van der Waals surface area contributed by atoms with Crippen LogP contribution in [0.3, 0.4) is 0 Å². The predicted octanol–water partition coefficient (Wildman–Crippen LogP) is 5.23. The third-order valence-corrected chi connectivity index (χ3v) is 4.30. The summed E-state index contributed by atoms with van der Waals surface area (Å²) < 4.78 is 1.27. The van der Waals surface area contributed by atoms with Crippen molar-refractivity contribution in [1.82, 2.24) is 4.98 Å². The average Bonchev–Trinajstić information content (AvgIpc) is 2.69. The fourth-order valence-corrected chi connectivity index (χ4v) is 3.17. The zero-order valence-electron chi connectivity index (χ0n) is 12.4. The van der Waals surface area contributed by atoms with Crippen LogP contribution in [0, 0.1) is 12.8 Å². The van der Waals surface area contributed by atoms with Gasteiger partial charge in [0.2, 0.25) is 0 Å². The Morgan fingerprint density at radius 2 is 2.00 bits per heavy atom. The molecular weight excluding hydrogens is 252 g/mol. The van der Waals surface area contributed by atoms with Gasteiger partial charge in [0.15, 0.2) is 5.13 Å². The molecule has 104 valence electrons. The minimum atomic E-state index is 0.500. The number of thiazole rings is 1. The van der Waals surface area contributed by atoms with Crippen molar-refractivity contribution >= 4 is 26.7 Å². The molecule has 1 atom stereocenters. The van der Waals surface area contributed by atoms with E-state index in [0.717, 1.165) is 16.6 Å². The summed E-state index contributed by atoms with van der Waals surface area (Å²) in [5, 5.41) is 4.59. The second-order valence-electron chi connectivity index (χ2n) is 5.86. The van der Waals surface area contributed by atoms with E-state index in [2.05, 4.69) is 56.2 Å². The van der Waals surface area contributed by atoms with Gasteiger partial charge in [-0.05, 0) is 43.9 Å². The van der Waals surface area contributed by atoms with Gasteiger partial charge in [-0.15, -0.1) is 0 Å². The standard InChI is InChI=1S/C16H24N2S/c1-11(2)6-5-7-13(4)17-16-18-14-10-12(3)8-9-15(14)19-16/h8-11,13H,5-7H2,1-4H3,(H,17,18). The molecule has 0 aliphatic carbocycles. The fourth-order valence-electron chi connectivity index (χ4n) is 2.21. The first kappa shape index (κ1) is 14.3. The number of hydrogen-bond acceptors (Lipinski definition) is 3. The molecule has 0 aliphatic rings. The van der Waals surface area contributed by atoms with E-state index in [1.807, 2.05) is 0 Å². The number of hydrogen-bond donors (Lipinski definition) is 1. The molecule has 19 heavy (non-hydrogen) atoms. The summed E-state index contributed by atoms with van der Waals surface area (Å²) in [5.74, 6) is 0.803. The van der Waals surface area contributed by atoms with Crippen LogP contribution in [0.2, 0.25) is 0 Å². The lowest BCUT2D eigenvalue weighted by Gasteiger charge is -2.13. The molecule has 0 saturated heterocycles. The van der Waals surface area contributed by atoms with Crippen molar-refractivity contribution < 1.29 is 0 Å². The third kappa shape index (κ3) is 4.20. The van der Waals surface area contributed by atoms with E-state index in [9.17, 15) is 0 Å². The minimum absolute atomic E-state index is 0.500. The van der Waals surface area contributed by atoms with Gasteiger partial charge in [-0.25, -0.2) is 4.98 Å². The van der Waals surface area contributed by atoms with Gasteiger partial charge < -0.3 is 5.32 Å². The molecule has 2 nitrogen and oxygen atoms in total. The van der Waals surface area contributed by atoms with Crippen molar-refractivity contribution in [2.24, 2.45) is 5.92 Å². The van der Waals surface area contributed by atoms with Gasteiger partial charge in [-0.1, -0.05) is 44.1 Å². The normalized spacial score (nSPS) is 13.1. The van der Waals surface area contributed by atoms with Crippen LogP contribution in [-0.4, -0.2) is 11.0 Å². The monoisotopic (exact) mass is 276 g/mol. The van der Waals surface area contributed by atoms with Crippen molar-refractivity contribution in [2.45, 2.75) is 53.0 Å². The quantitative estimate of drug-likeness (QED) is 0.781. The summed E-state index contributed by atoms with van der Waals surface area (Å²) in [6.07, 6.45) is 3.81. The summed E-state index contributed by atoms with van der Waals surface area (Å²) in [6, 6.07) is 6.97. The first-order valence-electron chi connectivity index (χ1n) is 7.18. The number of benzene rings is 1. The summed E-state index contributed by atoms with van der Waals surface area (Å²) in [5.41, 5.74) is 2.39. The van der Waals surface area contributed by atoms with Crippen LogP contribution < -0.4 is 5.32 Å². The first-order valence-corrected chi connectivity index (χ1v) is 8.00. The molecule has 0 saturated carbocycles. The molecule has 2 rings (SSSR count). The van der Waals surface area contributed by atoms with E-state index in [-0.39, 0.29) is 0 Å². The molecule has 3 heteroatoms. The molecule has 1 unspecified atom stereocenters. The highest BCUT2D eigenvalue weighted by Crippen LogP contribution is 2.27. The lowest BCUT2D eigenvalue weighted by Crippen LogP contribution is -2.14. The molecule has 1 N–H and O–H groups in total. The Bertz CT molecular complexity index is 531. The number of aryl methyl sites for hydroxylation is 1. The summed E-state index contributed by atoms with van der Waals surface area (Å²) in [7, 11) is 0. The maximum absolute atomic E-state index is 4.66. The second-order valence-corrected chi connectivity index (χ2v) is 6.89. The Labute approximate surface area is 120 Å². The fraction of sp³-hybridized carbons (Fsp3) is 0.562. The van der Waals surface area contributed by atoms with Crippen molar-refractivity contribution in [3.8, 4) is 0 Å². The van der Waals surface area contributed by atoms with E-state index < -0.39 is 0 Å². The van der Waals surface area contributed by atoms with E-state index >= 15 is 0 Å². The van der Waals surface area contributed by atoms with E-state index in [1.54, 1.807) is 11.3 Å². The van der Waals surface area contributed by atoms with E-state index in [4.69, 9.17) is 0 Å². The largest absolute Gasteiger partial charge is 0.359 e. The number of fused-ring (bicyclic) bond motifs is 1. The van der Waals surface area contributed by atoms with Crippen LogP contribution in [0.25, 0.3) is 10.2 Å². The molecule has 1 aromatic heterocycles. The van der Waals surface area contributed by atoms with Crippen LogP contribution in [0.4, 0.5) is 5.13 Å². The maximum Gasteiger partial charge on any atom is 0.183 e. The van der Waals surface area contributed by atoms with Crippen LogP contribution in [0.1, 0.15) is 45.6 Å². The second kappa shape index (κ2) is 6.38. The highest BCUT2D eigenvalue weighted by Gasteiger charge is 2.07. The van der Waals surface area contributed by atoms with Crippen LogP contribution in [0.5, 0.6) is 0 Å². The molecule has 0 aliphatic heterocycles. The van der Waals surface area contributed by atoms with Gasteiger partial charge in [0, 0.05) is 6.04 Å². The maximum atomic E-state index is 4.66. The number of aromatic nitrogens is 1. The summed E-state index contributed by atoms with van der Waals surface area (Å²) in [4.78, 5) is 4.66. The Morgan fingerprint density at radius 1 is 1.21 bits per heavy atom. The number of nitrogens with one attached hydrogen (secondary N) is 1. The van der Waals surface area contributed by atoms with Gasteiger partial charge in [0.25, 0.3) is 0 Å². The molecule has 2 aromatic rings. The van der Waals surface area contributed by atoms with Gasteiger partial charge in [-0.2, -0.15) is 0 Å². The number of rotatable bonds is 6. The average molecular weight is 276 g/mol. The molecule has 0 fully saturated rings. The highest BCUT2D eigenvalue weighted by molar-refractivity contribution is 7.22. The lowest BCUT2D eigenvalue weighted by molar-refractivity contribution is 0.520. The van der Waals surface area contributed by atoms with Gasteiger partial charge in [0.05, 0.1) is 10.2 Å². The van der Waals surface area contributed by atoms with Crippen molar-refractivity contribution in [3.05, 3.63) is 23.8 Å². The minimum Gasteiger partial charge on any atom is -0.359 e. The Balaban J connectivity index is 1.93. The zero-order valence-corrected chi connectivity index (χ0v) is 13.2. The Hall–Kier alpha value is -1.09. The molecule has 0 amide bonds. The molecule has 1 aromatic carbocycles. The summed E-state index contributed by atoms with van der Waals surface area (Å²) in [6.45, 7) is 8.93. The molecule has 0 radical (unpaired) electrons. The SMILES string of the molecule is Cc1ccc2sc(NC(C)CCCC(C)C)nc2c1. The zero-order chi connectivity index (χ0) is 13.8.